The third-order valence-corrected chi connectivity index (χ3v) is 6.38. The Hall–Kier alpha value is -0.703. The molecule has 3 heteroatoms. The van der Waals surface area contributed by atoms with E-state index in [2.05, 4.69) is 26.3 Å². The quantitative estimate of drug-likeness (QED) is 0.289. The smallest absolute Gasteiger partial charge is 0.0872 e. The maximum atomic E-state index is 5.13. The average Bonchev–Trinajstić information content (AvgIpc) is 2.28. The lowest BCUT2D eigenvalue weighted by molar-refractivity contribution is 0.244. The molecule has 0 aliphatic rings. The second-order valence-electron chi connectivity index (χ2n) is 5.15. The molecule has 0 N–H and O–H groups in total. The highest BCUT2D eigenvalue weighted by atomic mass is 28.3. The lowest BCUT2D eigenvalue weighted by Crippen LogP contribution is -2.24. The molecule has 0 aliphatic heterocycles. The zero-order valence-corrected chi connectivity index (χ0v) is 12.5. The van der Waals surface area contributed by atoms with E-state index in [-0.39, 0.29) is 0 Å². The summed E-state index contributed by atoms with van der Waals surface area (Å²) in [7, 11) is -0.986. The Morgan fingerprint density at radius 1 is 0.824 bits per heavy atom. The summed E-state index contributed by atoms with van der Waals surface area (Å²) in [6.07, 6.45) is 7.95. The van der Waals surface area contributed by atoms with Crippen LogP contribution in [0.2, 0.25) is 25.2 Å². The Labute approximate surface area is 108 Å². The van der Waals surface area contributed by atoms with Crippen molar-refractivity contribution in [3.05, 3.63) is 25.7 Å². The second kappa shape index (κ2) is 10.5. The van der Waals surface area contributed by atoms with Gasteiger partial charge in [-0.25, -0.2) is 0 Å². The van der Waals surface area contributed by atoms with Crippen LogP contribution in [0.1, 0.15) is 25.7 Å². The molecule has 0 aliphatic carbocycles. The Kier molecular flexibility index (Phi) is 10.0. The maximum absolute atomic E-state index is 5.13. The van der Waals surface area contributed by atoms with Crippen molar-refractivity contribution in [2.45, 2.75) is 50.9 Å². The minimum Gasteiger partial charge on any atom is -0.502 e. The number of rotatable bonds is 12. The van der Waals surface area contributed by atoms with Crippen molar-refractivity contribution in [2.24, 2.45) is 0 Å². The minimum atomic E-state index is -0.986. The fourth-order valence-electron chi connectivity index (χ4n) is 1.87. The molecule has 0 aromatic heterocycles. The standard InChI is InChI=1S/C14H28O2Si/c1-5-15-11-7-9-13-17(3,4)14-10-8-12-16-6-2/h5-6H,1-2,7-14H2,3-4H3. The molecule has 0 rings (SSSR count). The van der Waals surface area contributed by atoms with Gasteiger partial charge in [0.05, 0.1) is 25.7 Å². The maximum Gasteiger partial charge on any atom is 0.0872 e. The van der Waals surface area contributed by atoms with Crippen LogP contribution in [-0.4, -0.2) is 21.3 Å². The molecule has 0 atom stereocenters. The summed E-state index contributed by atoms with van der Waals surface area (Å²) in [5.74, 6) is 0. The van der Waals surface area contributed by atoms with Crippen LogP contribution >= 0.6 is 0 Å². The van der Waals surface area contributed by atoms with Crippen LogP contribution in [-0.2, 0) is 9.47 Å². The molecule has 17 heavy (non-hydrogen) atoms. The monoisotopic (exact) mass is 256 g/mol. The minimum absolute atomic E-state index is 0.821. The van der Waals surface area contributed by atoms with Crippen molar-refractivity contribution in [3.8, 4) is 0 Å². The van der Waals surface area contributed by atoms with E-state index < -0.39 is 8.07 Å². The molecule has 0 amide bonds. The molecule has 0 saturated heterocycles. The van der Waals surface area contributed by atoms with E-state index >= 15 is 0 Å². The highest BCUT2D eigenvalue weighted by Gasteiger charge is 2.18. The highest BCUT2D eigenvalue weighted by molar-refractivity contribution is 6.77. The predicted octanol–water partition coefficient (Wildman–Crippen LogP) is 4.58. The summed E-state index contributed by atoms with van der Waals surface area (Å²) in [5.41, 5.74) is 0. The molecule has 0 fully saturated rings. The SMILES string of the molecule is C=COCCCC[Si](C)(C)CCCCOC=C. The normalized spacial score (nSPS) is 10.9. The largest absolute Gasteiger partial charge is 0.502 e. The van der Waals surface area contributed by atoms with Gasteiger partial charge in [0.15, 0.2) is 0 Å². The van der Waals surface area contributed by atoms with Gasteiger partial charge in [0, 0.05) is 8.07 Å². The Morgan fingerprint density at radius 2 is 1.24 bits per heavy atom. The van der Waals surface area contributed by atoms with Crippen LogP contribution in [0.4, 0.5) is 0 Å². The zero-order chi connectivity index (χ0) is 13.0. The van der Waals surface area contributed by atoms with Crippen molar-refractivity contribution >= 4 is 8.07 Å². The van der Waals surface area contributed by atoms with Crippen LogP contribution in [0.15, 0.2) is 25.7 Å². The van der Waals surface area contributed by atoms with Crippen LogP contribution in [0.25, 0.3) is 0 Å². The van der Waals surface area contributed by atoms with Gasteiger partial charge in [-0.1, -0.05) is 51.2 Å². The summed E-state index contributed by atoms with van der Waals surface area (Å²) < 4.78 is 10.3. The number of unbranched alkanes of at least 4 members (excludes halogenated alkanes) is 2. The average molecular weight is 256 g/mol. The van der Waals surface area contributed by atoms with Gasteiger partial charge in [0.25, 0.3) is 0 Å². The van der Waals surface area contributed by atoms with E-state index in [0.717, 1.165) is 26.1 Å². The molecular formula is C14H28O2Si. The molecule has 100 valence electrons. The lowest BCUT2D eigenvalue weighted by Gasteiger charge is -2.22. The summed E-state index contributed by atoms with van der Waals surface area (Å²) >= 11 is 0. The molecule has 0 saturated carbocycles. The molecule has 0 unspecified atom stereocenters. The van der Waals surface area contributed by atoms with Crippen molar-refractivity contribution in [1.29, 1.82) is 0 Å². The van der Waals surface area contributed by atoms with Crippen molar-refractivity contribution in [1.82, 2.24) is 0 Å². The van der Waals surface area contributed by atoms with E-state index in [1.807, 2.05) is 0 Å². The number of hydrogen-bond donors (Lipinski definition) is 0. The van der Waals surface area contributed by atoms with Gasteiger partial charge in [-0.15, -0.1) is 0 Å². The van der Waals surface area contributed by atoms with E-state index in [4.69, 9.17) is 9.47 Å². The van der Waals surface area contributed by atoms with Gasteiger partial charge in [0.1, 0.15) is 0 Å². The molecule has 0 aromatic carbocycles. The summed E-state index contributed by atoms with van der Waals surface area (Å²) in [5, 5.41) is 0. The van der Waals surface area contributed by atoms with Gasteiger partial charge in [0.2, 0.25) is 0 Å². The van der Waals surface area contributed by atoms with Gasteiger partial charge in [-0.05, 0) is 12.8 Å². The first-order chi connectivity index (χ1) is 8.12. The van der Waals surface area contributed by atoms with Crippen molar-refractivity contribution < 1.29 is 9.47 Å². The second-order valence-corrected chi connectivity index (χ2v) is 10.5. The van der Waals surface area contributed by atoms with E-state index in [1.54, 1.807) is 0 Å². The lowest BCUT2D eigenvalue weighted by atomic mass is 10.3. The molecule has 0 bridgehead atoms. The Morgan fingerprint density at radius 3 is 1.59 bits per heavy atom. The first-order valence-electron chi connectivity index (χ1n) is 6.57. The third-order valence-electron chi connectivity index (χ3n) is 2.97. The highest BCUT2D eigenvalue weighted by Crippen LogP contribution is 2.21. The molecule has 0 aromatic rings. The molecule has 0 heterocycles. The van der Waals surface area contributed by atoms with Gasteiger partial charge in [-0.2, -0.15) is 0 Å². The number of hydrogen-bond acceptors (Lipinski definition) is 2. The molecule has 2 nitrogen and oxygen atoms in total. The fraction of sp³-hybridized carbons (Fsp3) is 0.714. The first kappa shape index (κ1) is 16.3. The van der Waals surface area contributed by atoms with Crippen molar-refractivity contribution in [3.63, 3.8) is 0 Å². The van der Waals surface area contributed by atoms with Crippen molar-refractivity contribution in [2.75, 3.05) is 13.2 Å². The van der Waals surface area contributed by atoms with Crippen LogP contribution in [0.3, 0.4) is 0 Å². The van der Waals surface area contributed by atoms with Gasteiger partial charge >= 0.3 is 0 Å². The van der Waals surface area contributed by atoms with E-state index in [1.165, 1.54) is 37.5 Å². The topological polar surface area (TPSA) is 18.5 Å². The molecule has 0 spiro atoms. The zero-order valence-electron chi connectivity index (χ0n) is 11.5. The van der Waals surface area contributed by atoms with E-state index in [9.17, 15) is 0 Å². The fourth-order valence-corrected chi connectivity index (χ4v) is 4.53. The van der Waals surface area contributed by atoms with Gasteiger partial charge < -0.3 is 9.47 Å². The summed E-state index contributed by atoms with van der Waals surface area (Å²) in [6.45, 7) is 13.7. The Bertz CT molecular complexity index is 182. The van der Waals surface area contributed by atoms with Crippen LogP contribution < -0.4 is 0 Å². The summed E-state index contributed by atoms with van der Waals surface area (Å²) in [6, 6.07) is 2.80. The van der Waals surface area contributed by atoms with Gasteiger partial charge in [-0.3, -0.25) is 0 Å². The van der Waals surface area contributed by atoms with Crippen LogP contribution in [0, 0.1) is 0 Å². The predicted molar refractivity (Wildman–Crippen MR) is 77.9 cm³/mol. The molecule has 0 radical (unpaired) electrons. The number of ether oxygens (including phenoxy) is 2. The summed E-state index contributed by atoms with van der Waals surface area (Å²) in [4.78, 5) is 0. The van der Waals surface area contributed by atoms with E-state index in [0.29, 0.717) is 0 Å². The van der Waals surface area contributed by atoms with Crippen LogP contribution in [0.5, 0.6) is 0 Å². The Balaban J connectivity index is 3.44. The third kappa shape index (κ3) is 11.6. The first-order valence-corrected chi connectivity index (χ1v) is 9.99. The molecular weight excluding hydrogens is 228 g/mol.